The summed E-state index contributed by atoms with van der Waals surface area (Å²) in [6.07, 6.45) is 1.76. The summed E-state index contributed by atoms with van der Waals surface area (Å²) < 4.78 is 12.8. The lowest BCUT2D eigenvalue weighted by atomic mass is 9.92. The number of nitrogens with zero attached hydrogens (tertiary/aromatic N) is 1. The molecule has 1 aliphatic heterocycles. The molecule has 0 radical (unpaired) electrons. The van der Waals surface area contributed by atoms with Gasteiger partial charge in [-0.3, -0.25) is 4.79 Å². The summed E-state index contributed by atoms with van der Waals surface area (Å²) >= 11 is 0. The number of carbonyl (C=O) groups is 1. The van der Waals surface area contributed by atoms with Gasteiger partial charge in [-0.1, -0.05) is 13.8 Å². The minimum absolute atomic E-state index is 0.0116. The molecule has 0 saturated carbocycles. The molecule has 1 N–H and O–H groups in total. The Morgan fingerprint density at radius 2 is 1.85 bits per heavy atom. The average molecular weight is 278 g/mol. The molecule has 1 saturated heterocycles. The van der Waals surface area contributed by atoms with Crippen LogP contribution in [0.25, 0.3) is 0 Å². The fourth-order valence-electron chi connectivity index (χ4n) is 2.99. The second kappa shape index (κ2) is 6.84. The summed E-state index contributed by atoms with van der Waals surface area (Å²) in [4.78, 5) is 14.2. The zero-order valence-corrected chi connectivity index (χ0v) is 12.2. The maximum atomic E-state index is 12.8. The zero-order valence-electron chi connectivity index (χ0n) is 12.2. The van der Waals surface area contributed by atoms with Crippen LogP contribution < -0.4 is 5.32 Å². The summed E-state index contributed by atoms with van der Waals surface area (Å²) in [6, 6.07) is 5.86. The van der Waals surface area contributed by atoms with Crippen molar-refractivity contribution in [1.29, 1.82) is 0 Å². The second-order valence-electron chi connectivity index (χ2n) is 6.01. The molecule has 4 heteroatoms. The Bertz CT molecular complexity index is 436. The molecule has 1 aromatic rings. The van der Waals surface area contributed by atoms with E-state index in [1.54, 1.807) is 12.1 Å². The Hall–Kier alpha value is -1.42. The van der Waals surface area contributed by atoms with Crippen LogP contribution in [0.3, 0.4) is 0 Å². The quantitative estimate of drug-likeness (QED) is 0.917. The molecular weight excluding hydrogens is 255 g/mol. The fourth-order valence-corrected chi connectivity index (χ4v) is 2.99. The van der Waals surface area contributed by atoms with E-state index >= 15 is 0 Å². The largest absolute Gasteiger partial charge is 0.326 e. The van der Waals surface area contributed by atoms with Gasteiger partial charge in [-0.15, -0.1) is 0 Å². The highest BCUT2D eigenvalue weighted by molar-refractivity contribution is 5.90. The van der Waals surface area contributed by atoms with E-state index in [9.17, 15) is 9.18 Å². The highest BCUT2D eigenvalue weighted by Crippen LogP contribution is 2.20. The smallest absolute Gasteiger partial charge is 0.225 e. The Kier molecular flexibility index (Phi) is 5.12. The fraction of sp³-hybridized carbons (Fsp3) is 0.562. The zero-order chi connectivity index (χ0) is 14.5. The first kappa shape index (κ1) is 15.0. The van der Waals surface area contributed by atoms with Gasteiger partial charge in [-0.25, -0.2) is 4.39 Å². The van der Waals surface area contributed by atoms with Gasteiger partial charge in [0.1, 0.15) is 5.82 Å². The van der Waals surface area contributed by atoms with E-state index in [1.165, 1.54) is 18.6 Å². The number of benzene rings is 1. The van der Waals surface area contributed by atoms with Crippen molar-refractivity contribution in [1.82, 2.24) is 4.90 Å². The molecule has 1 fully saturated rings. The van der Waals surface area contributed by atoms with Crippen LogP contribution in [0.2, 0.25) is 0 Å². The van der Waals surface area contributed by atoms with Crippen LogP contribution in [0.1, 0.15) is 26.7 Å². The molecule has 0 unspecified atom stereocenters. The number of likely N-dealkylation sites (tertiary alicyclic amines) is 1. The summed E-state index contributed by atoms with van der Waals surface area (Å²) in [5, 5.41) is 2.80. The van der Waals surface area contributed by atoms with Crippen molar-refractivity contribution >= 4 is 11.6 Å². The minimum Gasteiger partial charge on any atom is -0.326 e. The summed E-state index contributed by atoms with van der Waals surface area (Å²) in [7, 11) is 0. The van der Waals surface area contributed by atoms with Crippen molar-refractivity contribution < 1.29 is 9.18 Å². The normalized spacial score (nSPS) is 23.6. The van der Waals surface area contributed by atoms with Crippen molar-refractivity contribution in [2.75, 3.05) is 25.0 Å². The van der Waals surface area contributed by atoms with Crippen molar-refractivity contribution in [3.05, 3.63) is 30.1 Å². The van der Waals surface area contributed by atoms with Gasteiger partial charge in [0.15, 0.2) is 0 Å². The molecule has 1 aromatic carbocycles. The van der Waals surface area contributed by atoms with Crippen LogP contribution in [-0.2, 0) is 4.79 Å². The average Bonchev–Trinajstić information content (AvgIpc) is 2.38. The molecule has 0 aliphatic carbocycles. The predicted molar refractivity (Wildman–Crippen MR) is 79.0 cm³/mol. The Balaban J connectivity index is 1.76. The molecule has 1 heterocycles. The molecule has 1 aliphatic rings. The van der Waals surface area contributed by atoms with E-state index in [0.29, 0.717) is 23.9 Å². The van der Waals surface area contributed by atoms with Crippen LogP contribution in [0.15, 0.2) is 24.3 Å². The lowest BCUT2D eigenvalue weighted by Gasteiger charge is -2.34. The van der Waals surface area contributed by atoms with Gasteiger partial charge in [0.2, 0.25) is 5.91 Å². The second-order valence-corrected chi connectivity index (χ2v) is 6.01. The van der Waals surface area contributed by atoms with Crippen LogP contribution >= 0.6 is 0 Å². The molecule has 2 rings (SSSR count). The molecule has 1 amide bonds. The van der Waals surface area contributed by atoms with E-state index in [1.807, 2.05) is 0 Å². The lowest BCUT2D eigenvalue weighted by molar-refractivity contribution is -0.116. The lowest BCUT2D eigenvalue weighted by Crippen LogP contribution is -2.40. The number of hydrogen-bond acceptors (Lipinski definition) is 2. The molecule has 0 bridgehead atoms. The first-order valence-electron chi connectivity index (χ1n) is 7.30. The number of rotatable bonds is 4. The maximum Gasteiger partial charge on any atom is 0.225 e. The number of carbonyl (C=O) groups excluding carboxylic acids is 1. The van der Waals surface area contributed by atoms with Gasteiger partial charge >= 0.3 is 0 Å². The number of piperidine rings is 1. The Morgan fingerprint density at radius 3 is 2.45 bits per heavy atom. The van der Waals surface area contributed by atoms with Gasteiger partial charge in [-0.2, -0.15) is 0 Å². The highest BCUT2D eigenvalue weighted by Gasteiger charge is 2.21. The molecule has 20 heavy (non-hydrogen) atoms. The number of nitrogens with one attached hydrogen (secondary N) is 1. The first-order valence-corrected chi connectivity index (χ1v) is 7.30. The topological polar surface area (TPSA) is 32.3 Å². The third kappa shape index (κ3) is 4.60. The number of amides is 1. The van der Waals surface area contributed by atoms with Crippen LogP contribution in [0.4, 0.5) is 10.1 Å². The molecule has 110 valence electrons. The van der Waals surface area contributed by atoms with Crippen molar-refractivity contribution in [2.24, 2.45) is 11.8 Å². The molecule has 3 nitrogen and oxygen atoms in total. The summed E-state index contributed by atoms with van der Waals surface area (Å²) in [5.41, 5.74) is 0.650. The van der Waals surface area contributed by atoms with Gasteiger partial charge in [-0.05, 0) is 42.5 Å². The van der Waals surface area contributed by atoms with Crippen molar-refractivity contribution in [3.8, 4) is 0 Å². The SMILES string of the molecule is C[C@@H]1C[C@@H](C)CN(CCC(=O)Nc2ccc(F)cc2)C1. The number of halogens is 1. The molecular formula is C16H23FN2O. The monoisotopic (exact) mass is 278 g/mol. The van der Waals surface area contributed by atoms with Gasteiger partial charge in [0.05, 0.1) is 0 Å². The Morgan fingerprint density at radius 1 is 1.25 bits per heavy atom. The van der Waals surface area contributed by atoms with Crippen LogP contribution in [-0.4, -0.2) is 30.4 Å². The molecule has 0 aromatic heterocycles. The summed E-state index contributed by atoms with van der Waals surface area (Å²) in [6.45, 7) is 7.48. The standard InChI is InChI=1S/C16H23FN2O/c1-12-9-13(2)11-19(10-12)8-7-16(20)18-15-5-3-14(17)4-6-15/h3-6,12-13H,7-11H2,1-2H3,(H,18,20)/t12-,13-/m1/s1. The third-order valence-corrected chi connectivity index (χ3v) is 3.73. The molecule has 2 atom stereocenters. The van der Waals surface area contributed by atoms with Gasteiger partial charge in [0, 0.05) is 31.7 Å². The number of anilines is 1. The third-order valence-electron chi connectivity index (χ3n) is 3.73. The van der Waals surface area contributed by atoms with E-state index in [2.05, 4.69) is 24.1 Å². The molecule has 0 spiro atoms. The predicted octanol–water partition coefficient (Wildman–Crippen LogP) is 3.13. The van der Waals surface area contributed by atoms with E-state index in [-0.39, 0.29) is 11.7 Å². The first-order chi connectivity index (χ1) is 9.52. The van der Waals surface area contributed by atoms with Crippen molar-refractivity contribution in [3.63, 3.8) is 0 Å². The van der Waals surface area contributed by atoms with E-state index < -0.39 is 0 Å². The van der Waals surface area contributed by atoms with Crippen LogP contribution in [0.5, 0.6) is 0 Å². The maximum absolute atomic E-state index is 12.8. The Labute approximate surface area is 120 Å². The number of hydrogen-bond donors (Lipinski definition) is 1. The van der Waals surface area contributed by atoms with Gasteiger partial charge < -0.3 is 10.2 Å². The van der Waals surface area contributed by atoms with Gasteiger partial charge in [0.25, 0.3) is 0 Å². The minimum atomic E-state index is -0.292. The van der Waals surface area contributed by atoms with E-state index in [0.717, 1.165) is 19.6 Å². The highest BCUT2D eigenvalue weighted by atomic mass is 19.1. The van der Waals surface area contributed by atoms with Crippen molar-refractivity contribution in [2.45, 2.75) is 26.7 Å². The summed E-state index contributed by atoms with van der Waals surface area (Å²) in [5.74, 6) is 1.11. The van der Waals surface area contributed by atoms with Crippen LogP contribution in [0, 0.1) is 17.7 Å². The van der Waals surface area contributed by atoms with E-state index in [4.69, 9.17) is 0 Å².